The average Bonchev–Trinajstić information content (AvgIpc) is 2.20. The summed E-state index contributed by atoms with van der Waals surface area (Å²) in [4.78, 5) is 6.67. The molecule has 1 heterocycles. The highest BCUT2D eigenvalue weighted by molar-refractivity contribution is 9.10. The van der Waals surface area contributed by atoms with Crippen LogP contribution in [0, 0.1) is 12.8 Å². The lowest BCUT2D eigenvalue weighted by molar-refractivity contribution is 0.356. The molecule has 0 saturated carbocycles. The molecule has 102 valence electrons. The maximum atomic E-state index is 4.46. The van der Waals surface area contributed by atoms with Gasteiger partial charge in [-0.2, -0.15) is 0 Å². The van der Waals surface area contributed by atoms with Gasteiger partial charge in [0.1, 0.15) is 5.82 Å². The van der Waals surface area contributed by atoms with Crippen molar-refractivity contribution in [1.82, 2.24) is 9.88 Å². The molecule has 0 aliphatic carbocycles. The van der Waals surface area contributed by atoms with Gasteiger partial charge in [0.05, 0.1) is 4.47 Å². The molecule has 0 bridgehead atoms. The minimum Gasteiger partial charge on any atom is -0.365 e. The first-order chi connectivity index (χ1) is 8.38. The van der Waals surface area contributed by atoms with Crippen molar-refractivity contribution in [1.29, 1.82) is 0 Å². The molecule has 18 heavy (non-hydrogen) atoms. The van der Waals surface area contributed by atoms with E-state index in [-0.39, 0.29) is 0 Å². The van der Waals surface area contributed by atoms with Crippen molar-refractivity contribution in [2.45, 2.75) is 33.2 Å². The van der Waals surface area contributed by atoms with E-state index in [9.17, 15) is 0 Å². The van der Waals surface area contributed by atoms with Crippen molar-refractivity contribution >= 4 is 21.7 Å². The van der Waals surface area contributed by atoms with Crippen molar-refractivity contribution in [2.75, 3.05) is 26.0 Å². The number of likely N-dealkylation sites (N-methyl/N-ethyl adjacent to an activating group) is 1. The molecule has 0 spiro atoms. The fraction of sp³-hybridized carbons (Fsp3) is 0.643. The number of pyridine rings is 1. The summed E-state index contributed by atoms with van der Waals surface area (Å²) in [6, 6.07) is 2.52. The van der Waals surface area contributed by atoms with Crippen LogP contribution in [0.5, 0.6) is 0 Å². The number of halogens is 1. The van der Waals surface area contributed by atoms with E-state index in [4.69, 9.17) is 0 Å². The predicted molar refractivity (Wildman–Crippen MR) is 82.1 cm³/mol. The summed E-state index contributed by atoms with van der Waals surface area (Å²) in [7, 11) is 4.21. The van der Waals surface area contributed by atoms with Crippen LogP contribution in [0.1, 0.15) is 25.8 Å². The SMILES string of the molecule is Cc1cnc(NC(CC(C)C)CN(C)C)c(Br)c1. The monoisotopic (exact) mass is 313 g/mol. The zero-order chi connectivity index (χ0) is 13.7. The lowest BCUT2D eigenvalue weighted by Crippen LogP contribution is -2.33. The lowest BCUT2D eigenvalue weighted by atomic mass is 10.0. The van der Waals surface area contributed by atoms with E-state index in [0.717, 1.165) is 23.3 Å². The van der Waals surface area contributed by atoms with Crippen LogP contribution in [0.15, 0.2) is 16.7 Å². The molecule has 1 aromatic rings. The van der Waals surface area contributed by atoms with Gasteiger partial charge in [-0.3, -0.25) is 0 Å². The van der Waals surface area contributed by atoms with Crippen LogP contribution < -0.4 is 5.32 Å². The molecule has 0 saturated heterocycles. The number of nitrogens with zero attached hydrogens (tertiary/aromatic N) is 2. The Kier molecular flexibility index (Phi) is 6.09. The van der Waals surface area contributed by atoms with Crippen LogP contribution in [0.2, 0.25) is 0 Å². The highest BCUT2D eigenvalue weighted by Crippen LogP contribution is 2.22. The molecule has 0 aliphatic heterocycles. The van der Waals surface area contributed by atoms with Gasteiger partial charge < -0.3 is 10.2 Å². The quantitative estimate of drug-likeness (QED) is 0.870. The van der Waals surface area contributed by atoms with Gasteiger partial charge in [-0.05, 0) is 60.9 Å². The molecule has 3 nitrogen and oxygen atoms in total. The van der Waals surface area contributed by atoms with E-state index >= 15 is 0 Å². The van der Waals surface area contributed by atoms with Gasteiger partial charge in [0.15, 0.2) is 0 Å². The lowest BCUT2D eigenvalue weighted by Gasteiger charge is -2.25. The Morgan fingerprint density at radius 3 is 2.56 bits per heavy atom. The topological polar surface area (TPSA) is 28.2 Å². The third-order valence-electron chi connectivity index (χ3n) is 2.66. The summed E-state index contributed by atoms with van der Waals surface area (Å²) in [5.74, 6) is 1.61. The molecule has 0 aromatic carbocycles. The second-order valence-corrected chi connectivity index (χ2v) is 6.43. The Bertz CT molecular complexity index is 367. The van der Waals surface area contributed by atoms with Crippen molar-refractivity contribution < 1.29 is 0 Å². The highest BCUT2D eigenvalue weighted by atomic mass is 79.9. The first kappa shape index (κ1) is 15.4. The fourth-order valence-electron chi connectivity index (χ4n) is 2.02. The van der Waals surface area contributed by atoms with Crippen LogP contribution >= 0.6 is 15.9 Å². The minimum absolute atomic E-state index is 0.423. The predicted octanol–water partition coefficient (Wildman–Crippen LogP) is 3.54. The van der Waals surface area contributed by atoms with Crippen LogP contribution in [0.25, 0.3) is 0 Å². The van der Waals surface area contributed by atoms with E-state index < -0.39 is 0 Å². The molecule has 0 fully saturated rings. The van der Waals surface area contributed by atoms with E-state index in [1.807, 2.05) is 13.1 Å². The number of aromatic nitrogens is 1. The standard InChI is InChI=1S/C14H24BrN3/c1-10(2)6-12(9-18(4)5)17-14-13(15)7-11(3)8-16-14/h7-8,10,12H,6,9H2,1-5H3,(H,16,17). The van der Waals surface area contributed by atoms with E-state index in [2.05, 4.69) is 65.1 Å². The van der Waals surface area contributed by atoms with E-state index in [1.54, 1.807) is 0 Å². The number of nitrogens with one attached hydrogen (secondary N) is 1. The molecule has 1 aromatic heterocycles. The molecular weight excluding hydrogens is 290 g/mol. The summed E-state index contributed by atoms with van der Waals surface area (Å²) < 4.78 is 1.04. The number of hydrogen-bond acceptors (Lipinski definition) is 3. The zero-order valence-corrected chi connectivity index (χ0v) is 13.6. The molecule has 1 atom stereocenters. The normalized spacial score (nSPS) is 13.1. The minimum atomic E-state index is 0.423. The van der Waals surface area contributed by atoms with E-state index in [0.29, 0.717) is 12.0 Å². The van der Waals surface area contributed by atoms with Crippen molar-refractivity contribution in [3.8, 4) is 0 Å². The van der Waals surface area contributed by atoms with Gasteiger partial charge in [-0.15, -0.1) is 0 Å². The first-order valence-electron chi connectivity index (χ1n) is 6.42. The van der Waals surface area contributed by atoms with Crippen LogP contribution in [0.4, 0.5) is 5.82 Å². The zero-order valence-electron chi connectivity index (χ0n) is 12.0. The van der Waals surface area contributed by atoms with Crippen LogP contribution in [-0.2, 0) is 0 Å². The van der Waals surface area contributed by atoms with Crippen molar-refractivity contribution in [3.63, 3.8) is 0 Å². The summed E-state index contributed by atoms with van der Waals surface area (Å²) in [6.07, 6.45) is 3.04. The maximum Gasteiger partial charge on any atom is 0.140 e. The number of anilines is 1. The second kappa shape index (κ2) is 7.10. The fourth-order valence-corrected chi connectivity index (χ4v) is 2.60. The Morgan fingerprint density at radius 1 is 1.39 bits per heavy atom. The molecule has 0 radical (unpaired) electrons. The molecule has 1 rings (SSSR count). The van der Waals surface area contributed by atoms with Gasteiger partial charge in [0.25, 0.3) is 0 Å². The Labute approximate surface area is 119 Å². The number of rotatable bonds is 6. The molecular formula is C14H24BrN3. The summed E-state index contributed by atoms with van der Waals surface area (Å²) >= 11 is 3.57. The molecule has 1 N–H and O–H groups in total. The van der Waals surface area contributed by atoms with Crippen molar-refractivity contribution in [2.24, 2.45) is 5.92 Å². The maximum absolute atomic E-state index is 4.46. The number of hydrogen-bond donors (Lipinski definition) is 1. The Balaban J connectivity index is 2.75. The average molecular weight is 314 g/mol. The van der Waals surface area contributed by atoms with Crippen LogP contribution in [-0.4, -0.2) is 36.6 Å². The van der Waals surface area contributed by atoms with Crippen LogP contribution in [0.3, 0.4) is 0 Å². The molecule has 4 heteroatoms. The third kappa shape index (κ3) is 5.36. The summed E-state index contributed by atoms with van der Waals surface area (Å²) in [6.45, 7) is 7.57. The van der Waals surface area contributed by atoms with Gasteiger partial charge in [-0.1, -0.05) is 13.8 Å². The third-order valence-corrected chi connectivity index (χ3v) is 3.26. The summed E-state index contributed by atoms with van der Waals surface area (Å²) in [5, 5.41) is 3.54. The van der Waals surface area contributed by atoms with Gasteiger partial charge in [-0.25, -0.2) is 4.98 Å². The Morgan fingerprint density at radius 2 is 2.06 bits per heavy atom. The molecule has 1 unspecified atom stereocenters. The Hall–Kier alpha value is -0.610. The largest absolute Gasteiger partial charge is 0.365 e. The molecule has 0 aliphatic rings. The van der Waals surface area contributed by atoms with Gasteiger partial charge in [0.2, 0.25) is 0 Å². The van der Waals surface area contributed by atoms with Gasteiger partial charge >= 0.3 is 0 Å². The highest BCUT2D eigenvalue weighted by Gasteiger charge is 2.14. The van der Waals surface area contributed by atoms with Gasteiger partial charge in [0, 0.05) is 18.8 Å². The van der Waals surface area contributed by atoms with E-state index in [1.165, 1.54) is 5.56 Å². The number of aryl methyl sites for hydroxylation is 1. The smallest absolute Gasteiger partial charge is 0.140 e. The second-order valence-electron chi connectivity index (χ2n) is 5.58. The van der Waals surface area contributed by atoms with Crippen molar-refractivity contribution in [3.05, 3.63) is 22.3 Å². The first-order valence-corrected chi connectivity index (χ1v) is 7.21. The molecule has 0 amide bonds. The summed E-state index contributed by atoms with van der Waals surface area (Å²) in [5.41, 5.74) is 1.17.